The molecule has 1 N–H and O–H groups in total. The van der Waals surface area contributed by atoms with Crippen LogP contribution in [0.25, 0.3) is 0 Å². The number of nitrogens with one attached hydrogen (secondary N) is 1. The number of hydrogen-bond donors (Lipinski definition) is 1. The molecule has 2 aromatic rings. The topological polar surface area (TPSA) is 69.2 Å². The lowest BCUT2D eigenvalue weighted by atomic mass is 10.2. The minimum Gasteiger partial charge on any atom is -0.497 e. The molecule has 1 heterocycles. The van der Waals surface area contributed by atoms with Gasteiger partial charge < -0.3 is 14.8 Å². The number of methoxy groups -OCH3 is 2. The number of benzene rings is 1. The number of nitrogens with zero attached hydrogens (tertiary/aromatic N) is 3. The van der Waals surface area contributed by atoms with E-state index in [-0.39, 0.29) is 0 Å². The summed E-state index contributed by atoms with van der Waals surface area (Å²) in [5.41, 5.74) is 2.69. The van der Waals surface area contributed by atoms with Gasteiger partial charge >= 0.3 is 0 Å². The maximum Gasteiger partial charge on any atom is 0.243 e. The Bertz CT molecular complexity index is 602. The lowest BCUT2D eigenvalue weighted by Crippen LogP contribution is -2.08. The molecule has 0 aliphatic carbocycles. The molecule has 20 heavy (non-hydrogen) atoms. The van der Waals surface area contributed by atoms with Gasteiger partial charge in [-0.15, -0.1) is 5.10 Å². The Balaban J connectivity index is 2.12. The molecule has 0 amide bonds. The van der Waals surface area contributed by atoms with E-state index in [1.54, 1.807) is 14.2 Å². The second kappa shape index (κ2) is 6.18. The van der Waals surface area contributed by atoms with Crippen molar-refractivity contribution in [1.82, 2.24) is 15.2 Å². The van der Waals surface area contributed by atoms with Gasteiger partial charge in [-0.2, -0.15) is 5.10 Å². The fourth-order valence-corrected chi connectivity index (χ4v) is 1.70. The number of aromatic nitrogens is 3. The molecule has 0 radical (unpaired) electrons. The van der Waals surface area contributed by atoms with E-state index in [0.717, 1.165) is 28.5 Å². The summed E-state index contributed by atoms with van der Waals surface area (Å²) in [5, 5.41) is 11.2. The predicted molar refractivity (Wildman–Crippen MR) is 76.2 cm³/mol. The van der Waals surface area contributed by atoms with E-state index in [2.05, 4.69) is 20.5 Å². The van der Waals surface area contributed by atoms with E-state index in [0.29, 0.717) is 12.5 Å². The van der Waals surface area contributed by atoms with Crippen LogP contribution < -0.4 is 14.8 Å². The summed E-state index contributed by atoms with van der Waals surface area (Å²) in [7, 11) is 3.26. The van der Waals surface area contributed by atoms with Gasteiger partial charge in [-0.05, 0) is 26.0 Å². The van der Waals surface area contributed by atoms with Crippen LogP contribution >= 0.6 is 0 Å². The fraction of sp³-hybridized carbons (Fsp3) is 0.357. The average Bonchev–Trinajstić information content (AvgIpc) is 2.48. The van der Waals surface area contributed by atoms with Crippen molar-refractivity contribution in [3.63, 3.8) is 0 Å². The Kier molecular flexibility index (Phi) is 4.34. The number of rotatable bonds is 5. The molecule has 0 aliphatic rings. The summed E-state index contributed by atoms with van der Waals surface area (Å²) >= 11 is 0. The Morgan fingerprint density at radius 1 is 1.05 bits per heavy atom. The van der Waals surface area contributed by atoms with E-state index in [4.69, 9.17) is 9.47 Å². The second-order valence-electron chi connectivity index (χ2n) is 4.34. The Labute approximate surface area is 118 Å². The Morgan fingerprint density at radius 2 is 1.85 bits per heavy atom. The van der Waals surface area contributed by atoms with E-state index in [1.807, 2.05) is 32.0 Å². The van der Waals surface area contributed by atoms with Crippen molar-refractivity contribution in [2.75, 3.05) is 19.5 Å². The van der Waals surface area contributed by atoms with Gasteiger partial charge in [-0.1, -0.05) is 0 Å². The summed E-state index contributed by atoms with van der Waals surface area (Å²) in [6.45, 7) is 4.34. The zero-order valence-corrected chi connectivity index (χ0v) is 12.1. The van der Waals surface area contributed by atoms with Crippen molar-refractivity contribution in [3.8, 4) is 11.5 Å². The lowest BCUT2D eigenvalue weighted by molar-refractivity contribution is 0.391. The molecule has 0 spiro atoms. The zero-order chi connectivity index (χ0) is 14.5. The van der Waals surface area contributed by atoms with Crippen molar-refractivity contribution in [3.05, 3.63) is 35.2 Å². The molecule has 0 bridgehead atoms. The number of anilines is 1. The highest BCUT2D eigenvalue weighted by atomic mass is 16.5. The molecular formula is C14H18N4O2. The van der Waals surface area contributed by atoms with Gasteiger partial charge in [0.1, 0.15) is 11.5 Å². The number of ether oxygens (including phenoxy) is 2. The summed E-state index contributed by atoms with van der Waals surface area (Å²) < 4.78 is 10.5. The van der Waals surface area contributed by atoms with Crippen molar-refractivity contribution >= 4 is 5.95 Å². The van der Waals surface area contributed by atoms with Crippen LogP contribution in [0, 0.1) is 13.8 Å². The summed E-state index contributed by atoms with van der Waals surface area (Å²) in [6, 6.07) is 5.68. The third kappa shape index (κ3) is 3.14. The van der Waals surface area contributed by atoms with Crippen LogP contribution in [-0.4, -0.2) is 29.4 Å². The van der Waals surface area contributed by atoms with Gasteiger partial charge in [0.25, 0.3) is 0 Å². The van der Waals surface area contributed by atoms with E-state index in [9.17, 15) is 0 Å². The molecule has 0 fully saturated rings. The molecule has 0 saturated carbocycles. The first-order valence-electron chi connectivity index (χ1n) is 6.26. The molecular weight excluding hydrogens is 256 g/mol. The largest absolute Gasteiger partial charge is 0.497 e. The van der Waals surface area contributed by atoms with Crippen LogP contribution in [0.4, 0.5) is 5.95 Å². The highest BCUT2D eigenvalue weighted by molar-refractivity contribution is 5.42. The van der Waals surface area contributed by atoms with Crippen LogP contribution in [0.15, 0.2) is 18.2 Å². The van der Waals surface area contributed by atoms with Gasteiger partial charge in [0.15, 0.2) is 0 Å². The summed E-state index contributed by atoms with van der Waals surface area (Å²) in [5.74, 6) is 2.02. The van der Waals surface area contributed by atoms with Crippen molar-refractivity contribution in [1.29, 1.82) is 0 Å². The first-order chi connectivity index (χ1) is 9.63. The van der Waals surface area contributed by atoms with Crippen LogP contribution in [0.1, 0.15) is 17.0 Å². The Hall–Kier alpha value is -2.37. The molecule has 6 nitrogen and oxygen atoms in total. The van der Waals surface area contributed by atoms with Crippen molar-refractivity contribution < 1.29 is 9.47 Å². The average molecular weight is 274 g/mol. The number of hydrogen-bond acceptors (Lipinski definition) is 6. The molecule has 1 aromatic carbocycles. The molecule has 106 valence electrons. The second-order valence-corrected chi connectivity index (χ2v) is 4.34. The number of aryl methyl sites for hydroxylation is 2. The predicted octanol–water partition coefficient (Wildman–Crippen LogP) is 2.12. The highest BCUT2D eigenvalue weighted by Gasteiger charge is 2.06. The van der Waals surface area contributed by atoms with Gasteiger partial charge in [0.2, 0.25) is 5.95 Å². The molecule has 6 heteroatoms. The zero-order valence-electron chi connectivity index (χ0n) is 12.1. The monoisotopic (exact) mass is 274 g/mol. The molecule has 0 atom stereocenters. The molecule has 2 rings (SSSR count). The minimum absolute atomic E-state index is 0.506. The van der Waals surface area contributed by atoms with Crippen LogP contribution in [0.2, 0.25) is 0 Å². The molecule has 0 saturated heterocycles. The maximum atomic E-state index is 5.34. The van der Waals surface area contributed by atoms with Gasteiger partial charge in [-0.3, -0.25) is 0 Å². The third-order valence-corrected chi connectivity index (χ3v) is 3.02. The first kappa shape index (κ1) is 14.0. The maximum absolute atomic E-state index is 5.34. The van der Waals surface area contributed by atoms with Gasteiger partial charge in [0, 0.05) is 18.2 Å². The van der Waals surface area contributed by atoms with E-state index in [1.165, 1.54) is 0 Å². The minimum atomic E-state index is 0.506. The normalized spacial score (nSPS) is 10.2. The van der Waals surface area contributed by atoms with Crippen LogP contribution in [0.3, 0.4) is 0 Å². The molecule has 0 unspecified atom stereocenters. The van der Waals surface area contributed by atoms with Crippen molar-refractivity contribution in [2.24, 2.45) is 0 Å². The fourth-order valence-electron chi connectivity index (χ4n) is 1.70. The lowest BCUT2D eigenvalue weighted by Gasteiger charge is -2.11. The summed E-state index contributed by atoms with van der Waals surface area (Å²) in [4.78, 5) is 4.33. The third-order valence-electron chi connectivity index (χ3n) is 3.02. The quantitative estimate of drug-likeness (QED) is 0.900. The molecule has 0 aliphatic heterocycles. The first-order valence-corrected chi connectivity index (χ1v) is 6.26. The van der Waals surface area contributed by atoms with Gasteiger partial charge in [-0.25, -0.2) is 4.98 Å². The Morgan fingerprint density at radius 3 is 2.50 bits per heavy atom. The summed E-state index contributed by atoms with van der Waals surface area (Å²) in [6.07, 6.45) is 0. The van der Waals surface area contributed by atoms with E-state index < -0.39 is 0 Å². The van der Waals surface area contributed by atoms with Gasteiger partial charge in [0.05, 0.1) is 25.6 Å². The van der Waals surface area contributed by atoms with Crippen molar-refractivity contribution in [2.45, 2.75) is 20.4 Å². The SMILES string of the molecule is COc1ccc(CNc2nnc(C)c(C)n2)c(OC)c1. The molecule has 1 aromatic heterocycles. The van der Waals surface area contributed by atoms with E-state index >= 15 is 0 Å². The van der Waals surface area contributed by atoms with Crippen LogP contribution in [-0.2, 0) is 6.54 Å². The highest BCUT2D eigenvalue weighted by Crippen LogP contribution is 2.24. The smallest absolute Gasteiger partial charge is 0.243 e. The standard InChI is InChI=1S/C14H18N4O2/c1-9-10(2)17-18-14(16-9)15-8-11-5-6-12(19-3)7-13(11)20-4/h5-7H,8H2,1-4H3,(H,15,16,18). The van der Waals surface area contributed by atoms with Crippen LogP contribution in [0.5, 0.6) is 11.5 Å².